The highest BCUT2D eigenvalue weighted by atomic mass is 19.1. The van der Waals surface area contributed by atoms with Crippen molar-refractivity contribution in [3.05, 3.63) is 35.8 Å². The van der Waals surface area contributed by atoms with Gasteiger partial charge in [0, 0.05) is 23.6 Å². The Bertz CT molecular complexity index is 548. The maximum atomic E-state index is 13.0. The minimum Gasteiger partial charge on any atom is -0.361 e. The largest absolute Gasteiger partial charge is 0.361 e. The minimum absolute atomic E-state index is 0.00803. The Labute approximate surface area is 105 Å². The van der Waals surface area contributed by atoms with Crippen molar-refractivity contribution in [2.24, 2.45) is 0 Å². The number of carbonyl (C=O) groups is 1. The predicted octanol–water partition coefficient (Wildman–Crippen LogP) is 2.77. The van der Waals surface area contributed by atoms with Gasteiger partial charge in [-0.25, -0.2) is 4.39 Å². The molecule has 2 rings (SSSR count). The van der Waals surface area contributed by atoms with Crippen molar-refractivity contribution >= 4 is 16.8 Å². The second-order valence-electron chi connectivity index (χ2n) is 4.38. The molecule has 0 atom stereocenters. The van der Waals surface area contributed by atoms with Crippen molar-refractivity contribution in [2.75, 3.05) is 6.54 Å². The standard InChI is InChI=1S/C14H17FN2O/c1-2-3-6-16-14(18)7-10-9-17-13-8-11(15)4-5-12(10)13/h4-5,8-9,17H,2-3,6-7H2,1H3,(H,16,18). The van der Waals surface area contributed by atoms with Crippen LogP contribution >= 0.6 is 0 Å². The first kappa shape index (κ1) is 12.6. The van der Waals surface area contributed by atoms with Crippen LogP contribution in [0.2, 0.25) is 0 Å². The van der Waals surface area contributed by atoms with E-state index in [4.69, 9.17) is 0 Å². The van der Waals surface area contributed by atoms with Gasteiger partial charge in [-0.2, -0.15) is 0 Å². The van der Waals surface area contributed by atoms with E-state index in [0.717, 1.165) is 29.3 Å². The van der Waals surface area contributed by atoms with Gasteiger partial charge in [0.15, 0.2) is 0 Å². The van der Waals surface area contributed by atoms with Crippen molar-refractivity contribution in [1.82, 2.24) is 10.3 Å². The quantitative estimate of drug-likeness (QED) is 0.785. The lowest BCUT2D eigenvalue weighted by molar-refractivity contribution is -0.120. The lowest BCUT2D eigenvalue weighted by atomic mass is 10.1. The van der Waals surface area contributed by atoms with Crippen LogP contribution in [0.1, 0.15) is 25.3 Å². The van der Waals surface area contributed by atoms with Crippen LogP contribution in [0.4, 0.5) is 4.39 Å². The van der Waals surface area contributed by atoms with Gasteiger partial charge < -0.3 is 10.3 Å². The molecular weight excluding hydrogens is 231 g/mol. The van der Waals surface area contributed by atoms with Crippen molar-refractivity contribution in [3.8, 4) is 0 Å². The van der Waals surface area contributed by atoms with Crippen LogP contribution in [0.5, 0.6) is 0 Å². The molecule has 0 unspecified atom stereocenters. The SMILES string of the molecule is CCCCNC(=O)Cc1c[nH]c2cc(F)ccc12. The molecule has 0 saturated heterocycles. The Morgan fingerprint density at radius 3 is 3.06 bits per heavy atom. The Morgan fingerprint density at radius 2 is 2.28 bits per heavy atom. The normalized spacial score (nSPS) is 10.8. The summed E-state index contributed by atoms with van der Waals surface area (Å²) >= 11 is 0. The van der Waals surface area contributed by atoms with Crippen molar-refractivity contribution < 1.29 is 9.18 Å². The van der Waals surface area contributed by atoms with E-state index in [1.165, 1.54) is 12.1 Å². The van der Waals surface area contributed by atoms with E-state index in [1.807, 2.05) is 0 Å². The number of benzene rings is 1. The average molecular weight is 248 g/mol. The lowest BCUT2D eigenvalue weighted by Gasteiger charge is -2.03. The monoisotopic (exact) mass is 248 g/mol. The first-order chi connectivity index (χ1) is 8.70. The molecule has 4 heteroatoms. The number of H-pyrrole nitrogens is 1. The highest BCUT2D eigenvalue weighted by Crippen LogP contribution is 2.19. The summed E-state index contributed by atoms with van der Waals surface area (Å²) in [4.78, 5) is 14.7. The van der Waals surface area contributed by atoms with Gasteiger partial charge in [-0.05, 0) is 30.2 Å². The molecule has 0 aliphatic heterocycles. The third kappa shape index (κ3) is 2.88. The molecule has 18 heavy (non-hydrogen) atoms. The predicted molar refractivity (Wildman–Crippen MR) is 69.9 cm³/mol. The number of hydrogen-bond donors (Lipinski definition) is 2. The summed E-state index contributed by atoms with van der Waals surface area (Å²) in [5.41, 5.74) is 1.63. The molecule has 1 heterocycles. The molecule has 1 amide bonds. The van der Waals surface area contributed by atoms with Gasteiger partial charge in [0.2, 0.25) is 5.91 Å². The summed E-state index contributed by atoms with van der Waals surface area (Å²) in [6.07, 6.45) is 4.15. The van der Waals surface area contributed by atoms with Crippen LogP contribution in [0.15, 0.2) is 24.4 Å². The number of fused-ring (bicyclic) bond motifs is 1. The lowest BCUT2D eigenvalue weighted by Crippen LogP contribution is -2.25. The topological polar surface area (TPSA) is 44.9 Å². The molecule has 0 aliphatic rings. The zero-order valence-electron chi connectivity index (χ0n) is 10.4. The highest BCUT2D eigenvalue weighted by Gasteiger charge is 2.08. The first-order valence-corrected chi connectivity index (χ1v) is 6.23. The number of unbranched alkanes of at least 4 members (excludes halogenated alkanes) is 1. The van der Waals surface area contributed by atoms with E-state index in [1.54, 1.807) is 12.3 Å². The molecule has 0 saturated carbocycles. The Balaban J connectivity index is 2.05. The third-order valence-electron chi connectivity index (χ3n) is 2.93. The fourth-order valence-corrected chi connectivity index (χ4v) is 1.94. The summed E-state index contributed by atoms with van der Waals surface area (Å²) in [5, 5.41) is 3.78. The molecule has 0 fully saturated rings. The Hall–Kier alpha value is -1.84. The summed E-state index contributed by atoms with van der Waals surface area (Å²) in [6.45, 7) is 2.80. The maximum absolute atomic E-state index is 13.0. The molecular formula is C14H17FN2O. The van der Waals surface area contributed by atoms with Crippen molar-refractivity contribution in [3.63, 3.8) is 0 Å². The zero-order valence-corrected chi connectivity index (χ0v) is 10.4. The number of aromatic amines is 1. The molecule has 1 aromatic carbocycles. The van der Waals surface area contributed by atoms with Crippen LogP contribution in [-0.2, 0) is 11.2 Å². The zero-order chi connectivity index (χ0) is 13.0. The number of nitrogens with one attached hydrogen (secondary N) is 2. The summed E-state index contributed by atoms with van der Waals surface area (Å²) in [6, 6.07) is 4.55. The van der Waals surface area contributed by atoms with Crippen LogP contribution in [0.3, 0.4) is 0 Å². The Morgan fingerprint density at radius 1 is 1.44 bits per heavy atom. The van der Waals surface area contributed by atoms with E-state index in [0.29, 0.717) is 13.0 Å². The molecule has 2 aromatic rings. The summed E-state index contributed by atoms with van der Waals surface area (Å²) in [7, 11) is 0. The van der Waals surface area contributed by atoms with E-state index < -0.39 is 0 Å². The van der Waals surface area contributed by atoms with E-state index in [-0.39, 0.29) is 11.7 Å². The van der Waals surface area contributed by atoms with E-state index >= 15 is 0 Å². The van der Waals surface area contributed by atoms with E-state index in [9.17, 15) is 9.18 Å². The summed E-state index contributed by atoms with van der Waals surface area (Å²) < 4.78 is 13.0. The highest BCUT2D eigenvalue weighted by molar-refractivity contribution is 5.88. The first-order valence-electron chi connectivity index (χ1n) is 6.23. The third-order valence-corrected chi connectivity index (χ3v) is 2.93. The Kier molecular flexibility index (Phi) is 3.97. The average Bonchev–Trinajstić information content (AvgIpc) is 2.72. The fraction of sp³-hybridized carbons (Fsp3) is 0.357. The second-order valence-corrected chi connectivity index (χ2v) is 4.38. The van der Waals surface area contributed by atoms with Crippen molar-refractivity contribution in [2.45, 2.75) is 26.2 Å². The number of rotatable bonds is 5. The van der Waals surface area contributed by atoms with Gasteiger partial charge in [0.1, 0.15) is 5.82 Å². The smallest absolute Gasteiger partial charge is 0.224 e. The number of amides is 1. The van der Waals surface area contributed by atoms with Crippen molar-refractivity contribution in [1.29, 1.82) is 0 Å². The molecule has 0 bridgehead atoms. The molecule has 1 aromatic heterocycles. The molecule has 0 spiro atoms. The van der Waals surface area contributed by atoms with Crippen LogP contribution in [-0.4, -0.2) is 17.4 Å². The van der Waals surface area contributed by atoms with Crippen LogP contribution < -0.4 is 5.32 Å². The van der Waals surface area contributed by atoms with Crippen LogP contribution in [0.25, 0.3) is 10.9 Å². The van der Waals surface area contributed by atoms with Gasteiger partial charge >= 0.3 is 0 Å². The second kappa shape index (κ2) is 5.67. The number of carbonyl (C=O) groups excluding carboxylic acids is 1. The number of aromatic nitrogens is 1. The van der Waals surface area contributed by atoms with Gasteiger partial charge in [-0.15, -0.1) is 0 Å². The number of halogens is 1. The minimum atomic E-state index is -0.275. The van der Waals surface area contributed by atoms with Gasteiger partial charge in [0.05, 0.1) is 6.42 Å². The van der Waals surface area contributed by atoms with Crippen LogP contribution in [0, 0.1) is 5.82 Å². The molecule has 3 nitrogen and oxygen atoms in total. The summed E-state index contributed by atoms with van der Waals surface area (Å²) in [5.74, 6) is -0.267. The molecule has 0 aliphatic carbocycles. The van der Waals surface area contributed by atoms with Gasteiger partial charge in [0.25, 0.3) is 0 Å². The fourth-order valence-electron chi connectivity index (χ4n) is 1.94. The van der Waals surface area contributed by atoms with Gasteiger partial charge in [-0.3, -0.25) is 4.79 Å². The molecule has 0 radical (unpaired) electrons. The number of hydrogen-bond acceptors (Lipinski definition) is 1. The van der Waals surface area contributed by atoms with E-state index in [2.05, 4.69) is 17.2 Å². The molecule has 96 valence electrons. The molecule has 2 N–H and O–H groups in total. The maximum Gasteiger partial charge on any atom is 0.224 e. The van der Waals surface area contributed by atoms with Gasteiger partial charge in [-0.1, -0.05) is 13.3 Å².